The Hall–Kier alpha value is -0.650. The molecule has 1 aromatic heterocycles. The smallest absolute Gasteiger partial charge is 0.0753 e. The van der Waals surface area contributed by atoms with Crippen molar-refractivity contribution < 1.29 is 0 Å². The number of hydrogen-bond acceptors (Lipinski definition) is 3. The van der Waals surface area contributed by atoms with Crippen LogP contribution in [-0.4, -0.2) is 31.2 Å². The van der Waals surface area contributed by atoms with E-state index in [4.69, 9.17) is 0 Å². The Morgan fingerprint density at radius 3 is 2.68 bits per heavy atom. The minimum absolute atomic E-state index is 1.03. The zero-order valence-corrected chi connectivity index (χ0v) is 13.9. The van der Waals surface area contributed by atoms with Crippen molar-refractivity contribution in [3.8, 4) is 0 Å². The van der Waals surface area contributed by atoms with Gasteiger partial charge in [0.05, 0.1) is 15.7 Å². The third-order valence-electron chi connectivity index (χ3n) is 3.49. The fourth-order valence-electron chi connectivity index (χ4n) is 2.61. The quantitative estimate of drug-likeness (QED) is 0.815. The number of hydrogen-bond donors (Lipinski definition) is 1. The van der Waals surface area contributed by atoms with Gasteiger partial charge < -0.3 is 10.2 Å². The molecular formula is C14H15Br2N3. The maximum absolute atomic E-state index is 4.57. The molecule has 0 spiro atoms. The molecule has 19 heavy (non-hydrogen) atoms. The lowest BCUT2D eigenvalue weighted by molar-refractivity contribution is 0.589. The second-order valence-corrected chi connectivity index (χ2v) is 6.58. The summed E-state index contributed by atoms with van der Waals surface area (Å²) in [5.74, 6) is 0. The van der Waals surface area contributed by atoms with Crippen molar-refractivity contribution in [3.63, 3.8) is 0 Å². The Bertz CT molecular complexity index is 622. The van der Waals surface area contributed by atoms with Gasteiger partial charge >= 0.3 is 0 Å². The number of aryl methyl sites for hydroxylation is 1. The van der Waals surface area contributed by atoms with E-state index in [-0.39, 0.29) is 0 Å². The van der Waals surface area contributed by atoms with Gasteiger partial charge in [0, 0.05) is 42.2 Å². The van der Waals surface area contributed by atoms with E-state index >= 15 is 0 Å². The Morgan fingerprint density at radius 1 is 1.21 bits per heavy atom. The van der Waals surface area contributed by atoms with Crippen LogP contribution in [0.15, 0.2) is 27.3 Å². The van der Waals surface area contributed by atoms with Crippen molar-refractivity contribution in [2.75, 3.05) is 31.1 Å². The van der Waals surface area contributed by atoms with E-state index in [9.17, 15) is 0 Å². The largest absolute Gasteiger partial charge is 0.367 e. The monoisotopic (exact) mass is 383 g/mol. The van der Waals surface area contributed by atoms with Crippen molar-refractivity contribution in [2.24, 2.45) is 0 Å². The summed E-state index contributed by atoms with van der Waals surface area (Å²) < 4.78 is 2.17. The molecule has 0 atom stereocenters. The van der Waals surface area contributed by atoms with Gasteiger partial charge in [-0.2, -0.15) is 0 Å². The van der Waals surface area contributed by atoms with Gasteiger partial charge in [0.2, 0.25) is 0 Å². The zero-order valence-electron chi connectivity index (χ0n) is 10.7. The third kappa shape index (κ3) is 2.51. The molecule has 1 saturated heterocycles. The summed E-state index contributed by atoms with van der Waals surface area (Å²) in [5, 5.41) is 4.60. The average molecular weight is 385 g/mol. The summed E-state index contributed by atoms with van der Waals surface area (Å²) in [7, 11) is 0. The molecule has 3 nitrogen and oxygen atoms in total. The molecule has 1 aliphatic rings. The van der Waals surface area contributed by atoms with Crippen LogP contribution in [0.5, 0.6) is 0 Å². The fraction of sp³-hybridized carbons (Fsp3) is 0.357. The van der Waals surface area contributed by atoms with Gasteiger partial charge in [-0.1, -0.05) is 15.9 Å². The zero-order chi connectivity index (χ0) is 13.4. The van der Waals surface area contributed by atoms with Gasteiger partial charge in [-0.3, -0.25) is 4.98 Å². The van der Waals surface area contributed by atoms with Crippen LogP contribution in [0.25, 0.3) is 10.9 Å². The summed E-state index contributed by atoms with van der Waals surface area (Å²) in [6, 6.07) is 4.28. The van der Waals surface area contributed by atoms with Crippen LogP contribution < -0.4 is 10.2 Å². The second kappa shape index (κ2) is 5.38. The molecule has 2 aromatic rings. The van der Waals surface area contributed by atoms with Crippen LogP contribution in [0.4, 0.5) is 5.69 Å². The van der Waals surface area contributed by atoms with Gasteiger partial charge in [0.15, 0.2) is 0 Å². The number of benzene rings is 1. The first kappa shape index (κ1) is 13.3. The van der Waals surface area contributed by atoms with E-state index in [0.29, 0.717) is 0 Å². The van der Waals surface area contributed by atoms with Crippen LogP contribution in [0.3, 0.4) is 0 Å². The standard InChI is InChI=1S/C14H15Br2N3/c1-9-6-10(15)7-11-13(9)18-8-12(16)14(11)19-4-2-17-3-5-19/h6-8,17H,2-5H2,1H3. The summed E-state index contributed by atoms with van der Waals surface area (Å²) >= 11 is 7.25. The molecule has 2 heterocycles. The first-order valence-electron chi connectivity index (χ1n) is 6.37. The van der Waals surface area contributed by atoms with Crippen molar-refractivity contribution in [2.45, 2.75) is 6.92 Å². The highest BCUT2D eigenvalue weighted by Gasteiger charge is 2.17. The number of pyridine rings is 1. The highest BCUT2D eigenvalue weighted by molar-refractivity contribution is 9.11. The molecule has 0 amide bonds. The van der Waals surface area contributed by atoms with Crippen LogP contribution in [0, 0.1) is 6.92 Å². The van der Waals surface area contributed by atoms with E-state index < -0.39 is 0 Å². The molecule has 1 aromatic carbocycles. The van der Waals surface area contributed by atoms with Gasteiger partial charge in [0.25, 0.3) is 0 Å². The molecule has 1 aliphatic heterocycles. The number of nitrogens with zero attached hydrogens (tertiary/aromatic N) is 2. The van der Waals surface area contributed by atoms with E-state index in [2.05, 4.69) is 66.1 Å². The van der Waals surface area contributed by atoms with Crippen molar-refractivity contribution >= 4 is 48.5 Å². The highest BCUT2D eigenvalue weighted by Crippen LogP contribution is 2.36. The average Bonchev–Trinajstić information content (AvgIpc) is 2.39. The van der Waals surface area contributed by atoms with Crippen molar-refractivity contribution in [3.05, 3.63) is 32.8 Å². The molecular weight excluding hydrogens is 370 g/mol. The SMILES string of the molecule is Cc1cc(Br)cc2c(N3CCNCC3)c(Br)cnc12. The molecule has 0 bridgehead atoms. The Labute approximate surface area is 129 Å². The van der Waals surface area contributed by atoms with Crippen LogP contribution in [-0.2, 0) is 0 Å². The van der Waals surface area contributed by atoms with Gasteiger partial charge in [-0.15, -0.1) is 0 Å². The highest BCUT2D eigenvalue weighted by atomic mass is 79.9. The van der Waals surface area contributed by atoms with Gasteiger partial charge in [0.1, 0.15) is 0 Å². The number of anilines is 1. The summed E-state index contributed by atoms with van der Waals surface area (Å²) in [6.45, 7) is 6.23. The Kier molecular flexibility index (Phi) is 3.78. The molecule has 0 unspecified atom stereocenters. The van der Waals surface area contributed by atoms with E-state index in [0.717, 1.165) is 40.6 Å². The molecule has 0 radical (unpaired) electrons. The normalized spacial score (nSPS) is 16.1. The maximum Gasteiger partial charge on any atom is 0.0753 e. The van der Waals surface area contributed by atoms with E-state index in [1.54, 1.807) is 0 Å². The topological polar surface area (TPSA) is 28.2 Å². The van der Waals surface area contributed by atoms with Crippen LogP contribution >= 0.6 is 31.9 Å². The number of nitrogens with one attached hydrogen (secondary N) is 1. The molecule has 1 N–H and O–H groups in total. The number of fused-ring (bicyclic) bond motifs is 1. The molecule has 1 fully saturated rings. The lowest BCUT2D eigenvalue weighted by atomic mass is 10.1. The third-order valence-corrected chi connectivity index (χ3v) is 4.52. The number of piperazine rings is 1. The van der Waals surface area contributed by atoms with Gasteiger partial charge in [-0.25, -0.2) is 0 Å². The first-order chi connectivity index (χ1) is 9.16. The predicted molar refractivity (Wildman–Crippen MR) is 87.0 cm³/mol. The number of aromatic nitrogens is 1. The Balaban J connectivity index is 2.23. The van der Waals surface area contributed by atoms with Crippen LogP contribution in [0.1, 0.15) is 5.56 Å². The number of halogens is 2. The minimum Gasteiger partial charge on any atom is -0.367 e. The molecule has 5 heteroatoms. The van der Waals surface area contributed by atoms with E-state index in [1.807, 2.05) is 6.20 Å². The molecule has 0 saturated carbocycles. The van der Waals surface area contributed by atoms with Crippen molar-refractivity contribution in [1.82, 2.24) is 10.3 Å². The molecule has 3 rings (SSSR count). The van der Waals surface area contributed by atoms with E-state index in [1.165, 1.54) is 16.6 Å². The summed E-state index contributed by atoms with van der Waals surface area (Å²) in [6.07, 6.45) is 1.92. The fourth-order valence-corrected chi connectivity index (χ4v) is 3.75. The summed E-state index contributed by atoms with van der Waals surface area (Å²) in [5.41, 5.74) is 3.55. The molecule has 0 aliphatic carbocycles. The second-order valence-electron chi connectivity index (χ2n) is 4.81. The van der Waals surface area contributed by atoms with Crippen molar-refractivity contribution in [1.29, 1.82) is 0 Å². The summed E-state index contributed by atoms with van der Waals surface area (Å²) in [4.78, 5) is 6.99. The number of rotatable bonds is 1. The lowest BCUT2D eigenvalue weighted by Gasteiger charge is -2.31. The molecule has 100 valence electrons. The predicted octanol–water partition coefficient (Wildman–Crippen LogP) is 3.48. The first-order valence-corrected chi connectivity index (χ1v) is 7.95. The minimum atomic E-state index is 1.03. The maximum atomic E-state index is 4.57. The van der Waals surface area contributed by atoms with Gasteiger partial charge in [-0.05, 0) is 40.5 Å². The lowest BCUT2D eigenvalue weighted by Crippen LogP contribution is -2.43. The van der Waals surface area contributed by atoms with Crippen LogP contribution in [0.2, 0.25) is 0 Å². The Morgan fingerprint density at radius 2 is 1.95 bits per heavy atom.